The van der Waals surface area contributed by atoms with E-state index in [0.29, 0.717) is 5.25 Å². The lowest BCUT2D eigenvalue weighted by Gasteiger charge is -2.03. The van der Waals surface area contributed by atoms with E-state index in [0.717, 1.165) is 18.5 Å². The van der Waals surface area contributed by atoms with Crippen molar-refractivity contribution in [2.75, 3.05) is 18.9 Å². The van der Waals surface area contributed by atoms with Gasteiger partial charge in [-0.3, -0.25) is 0 Å². The molecule has 6 heteroatoms. The van der Waals surface area contributed by atoms with Crippen LogP contribution in [0.5, 0.6) is 0 Å². The van der Waals surface area contributed by atoms with Crippen molar-refractivity contribution in [1.29, 1.82) is 0 Å². The zero-order valence-electron chi connectivity index (χ0n) is 20.8. The number of aryl methyl sites for hydroxylation is 1. The predicted octanol–water partition coefficient (Wildman–Crippen LogP) is 6.56. The summed E-state index contributed by atoms with van der Waals surface area (Å²) < 4.78 is 9.06. The summed E-state index contributed by atoms with van der Waals surface area (Å²) in [5, 5.41) is 0.475. The van der Waals surface area contributed by atoms with Crippen LogP contribution in [0.3, 0.4) is 0 Å². The van der Waals surface area contributed by atoms with Crippen LogP contribution in [0.25, 0.3) is 0 Å². The standard InChI is InChI=1S/C10H15NS.C8H12O4.C8H18/c1-8(12)2-3-9-4-6-10(11)7-5-9;1-4-11-7(9)6(3)8(10)12-5-2;1-3-5-7-8-6-4-2/h4-8,12H,2-3,11H2,1H3;3-5H2,1-2H3;3-8H2,1-2H3. The van der Waals surface area contributed by atoms with Crippen molar-refractivity contribution in [2.24, 2.45) is 0 Å². The number of carbonyl (C=O) groups is 2. The van der Waals surface area contributed by atoms with Crippen molar-refractivity contribution in [1.82, 2.24) is 0 Å². The lowest BCUT2D eigenvalue weighted by atomic mass is 10.1. The molecule has 1 unspecified atom stereocenters. The van der Waals surface area contributed by atoms with Gasteiger partial charge in [0.1, 0.15) is 5.57 Å². The molecule has 0 aliphatic rings. The van der Waals surface area contributed by atoms with Crippen molar-refractivity contribution in [3.8, 4) is 0 Å². The van der Waals surface area contributed by atoms with Crippen molar-refractivity contribution in [3.05, 3.63) is 42.0 Å². The largest absolute Gasteiger partial charge is 0.462 e. The number of hydrogen-bond donors (Lipinski definition) is 2. The summed E-state index contributed by atoms with van der Waals surface area (Å²) in [6.45, 7) is 13.6. The second kappa shape index (κ2) is 22.3. The first-order valence-electron chi connectivity index (χ1n) is 11.8. The summed E-state index contributed by atoms with van der Waals surface area (Å²) >= 11 is 4.32. The normalized spacial score (nSPS) is 10.6. The highest BCUT2D eigenvalue weighted by molar-refractivity contribution is 7.80. The Hall–Kier alpha value is -1.95. The van der Waals surface area contributed by atoms with Crippen molar-refractivity contribution >= 4 is 30.3 Å². The second-order valence-corrected chi connectivity index (χ2v) is 8.34. The summed E-state index contributed by atoms with van der Waals surface area (Å²) in [6.07, 6.45) is 10.7. The average molecular weight is 468 g/mol. The van der Waals surface area contributed by atoms with E-state index >= 15 is 0 Å². The monoisotopic (exact) mass is 467 g/mol. The molecule has 0 radical (unpaired) electrons. The molecule has 0 spiro atoms. The lowest BCUT2D eigenvalue weighted by Crippen LogP contribution is -2.17. The number of nitrogen functional groups attached to an aromatic ring is 1. The summed E-state index contributed by atoms with van der Waals surface area (Å²) in [5.41, 5.74) is 7.47. The minimum absolute atomic E-state index is 0.220. The summed E-state index contributed by atoms with van der Waals surface area (Å²) in [7, 11) is 0. The topological polar surface area (TPSA) is 78.6 Å². The van der Waals surface area contributed by atoms with E-state index in [1.807, 2.05) is 12.1 Å². The average Bonchev–Trinajstić information content (AvgIpc) is 2.77. The Morgan fingerprint density at radius 3 is 1.69 bits per heavy atom. The first-order valence-corrected chi connectivity index (χ1v) is 12.3. The number of unbranched alkanes of at least 4 members (excludes halogenated alkanes) is 5. The number of esters is 2. The van der Waals surface area contributed by atoms with Gasteiger partial charge in [-0.2, -0.15) is 12.6 Å². The Morgan fingerprint density at radius 2 is 1.34 bits per heavy atom. The van der Waals surface area contributed by atoms with Crippen LogP contribution < -0.4 is 5.73 Å². The fourth-order valence-corrected chi connectivity index (χ4v) is 2.56. The van der Waals surface area contributed by atoms with Crippen LogP contribution in [0.15, 0.2) is 36.4 Å². The molecule has 0 saturated carbocycles. The predicted molar refractivity (Wildman–Crippen MR) is 139 cm³/mol. The Morgan fingerprint density at radius 1 is 0.906 bits per heavy atom. The first-order chi connectivity index (χ1) is 15.2. The van der Waals surface area contributed by atoms with Crippen molar-refractivity contribution in [2.45, 2.75) is 91.2 Å². The quantitative estimate of drug-likeness (QED) is 0.0692. The third-order valence-electron chi connectivity index (χ3n) is 4.33. The van der Waals surface area contributed by atoms with E-state index in [9.17, 15) is 9.59 Å². The van der Waals surface area contributed by atoms with Crippen LogP contribution in [0, 0.1) is 0 Å². The van der Waals surface area contributed by atoms with Crippen LogP contribution >= 0.6 is 12.6 Å². The summed E-state index contributed by atoms with van der Waals surface area (Å²) in [5.74, 6) is -1.45. The van der Waals surface area contributed by atoms with E-state index < -0.39 is 11.9 Å². The van der Waals surface area contributed by atoms with E-state index in [-0.39, 0.29) is 18.8 Å². The molecule has 0 bridgehead atoms. The molecule has 1 aromatic carbocycles. The zero-order chi connectivity index (χ0) is 24.8. The highest BCUT2D eigenvalue weighted by Crippen LogP contribution is 2.10. The molecule has 184 valence electrons. The first kappa shape index (κ1) is 32.2. The Labute approximate surface area is 201 Å². The Kier molecular flexibility index (Phi) is 22.4. The number of thiol groups is 1. The third-order valence-corrected chi connectivity index (χ3v) is 4.59. The molecule has 1 atom stereocenters. The molecule has 0 saturated heterocycles. The fraction of sp³-hybridized carbons (Fsp3) is 0.615. The molecule has 1 rings (SSSR count). The molecule has 0 amide bonds. The smallest absolute Gasteiger partial charge is 0.344 e. The zero-order valence-corrected chi connectivity index (χ0v) is 21.7. The molecule has 5 nitrogen and oxygen atoms in total. The van der Waals surface area contributed by atoms with Crippen LogP contribution in [0.1, 0.15) is 85.1 Å². The number of benzene rings is 1. The minimum Gasteiger partial charge on any atom is -0.462 e. The maximum absolute atomic E-state index is 10.8. The SMILES string of the molecule is C=C(C(=O)OCC)C(=O)OCC.CC(S)CCc1ccc(N)cc1.CCCCCCCC. The highest BCUT2D eigenvalue weighted by Gasteiger charge is 2.17. The van der Waals surface area contributed by atoms with Crippen LogP contribution in [0.2, 0.25) is 0 Å². The summed E-state index contributed by atoms with van der Waals surface area (Å²) in [4.78, 5) is 21.7. The van der Waals surface area contributed by atoms with Gasteiger partial charge in [0, 0.05) is 5.69 Å². The van der Waals surface area contributed by atoms with Crippen LogP contribution in [0.4, 0.5) is 5.69 Å². The van der Waals surface area contributed by atoms with E-state index in [2.05, 4.69) is 61.6 Å². The molecular weight excluding hydrogens is 422 g/mol. The number of carbonyl (C=O) groups excluding carboxylic acids is 2. The molecule has 0 aromatic heterocycles. The number of anilines is 1. The molecule has 0 heterocycles. The van der Waals surface area contributed by atoms with Gasteiger partial charge in [-0.05, 0) is 49.6 Å². The van der Waals surface area contributed by atoms with E-state index in [1.54, 1.807) is 13.8 Å². The van der Waals surface area contributed by atoms with Gasteiger partial charge in [-0.25, -0.2) is 9.59 Å². The second-order valence-electron chi connectivity index (χ2n) is 7.46. The molecule has 1 aromatic rings. The van der Waals surface area contributed by atoms with Gasteiger partial charge < -0.3 is 15.2 Å². The number of nitrogens with two attached hydrogens (primary N) is 1. The van der Waals surface area contributed by atoms with Gasteiger partial charge in [0.05, 0.1) is 13.2 Å². The van der Waals surface area contributed by atoms with Gasteiger partial charge in [-0.15, -0.1) is 0 Å². The molecule has 32 heavy (non-hydrogen) atoms. The Balaban J connectivity index is 0. The van der Waals surface area contributed by atoms with Crippen molar-refractivity contribution < 1.29 is 19.1 Å². The number of hydrogen-bond acceptors (Lipinski definition) is 6. The highest BCUT2D eigenvalue weighted by atomic mass is 32.1. The molecule has 0 fully saturated rings. The fourth-order valence-electron chi connectivity index (χ4n) is 2.43. The van der Waals surface area contributed by atoms with Gasteiger partial charge in [-0.1, -0.05) is 78.0 Å². The van der Waals surface area contributed by atoms with Gasteiger partial charge in [0.15, 0.2) is 0 Å². The van der Waals surface area contributed by atoms with E-state index in [1.165, 1.54) is 44.1 Å². The van der Waals surface area contributed by atoms with Crippen LogP contribution in [-0.2, 0) is 25.5 Å². The Bertz CT molecular complexity index is 589. The maximum Gasteiger partial charge on any atom is 0.344 e. The van der Waals surface area contributed by atoms with Gasteiger partial charge >= 0.3 is 11.9 Å². The molecule has 2 N–H and O–H groups in total. The summed E-state index contributed by atoms with van der Waals surface area (Å²) in [6, 6.07) is 8.04. The third kappa shape index (κ3) is 20.0. The number of ether oxygens (including phenoxy) is 2. The van der Waals surface area contributed by atoms with E-state index in [4.69, 9.17) is 5.73 Å². The molecule has 0 aliphatic carbocycles. The van der Waals surface area contributed by atoms with Gasteiger partial charge in [0.2, 0.25) is 0 Å². The lowest BCUT2D eigenvalue weighted by molar-refractivity contribution is -0.146. The number of rotatable bonds is 12. The minimum atomic E-state index is -0.726. The van der Waals surface area contributed by atoms with Crippen molar-refractivity contribution in [3.63, 3.8) is 0 Å². The van der Waals surface area contributed by atoms with Crippen LogP contribution in [-0.4, -0.2) is 30.4 Å². The maximum atomic E-state index is 10.8. The molecule has 0 aliphatic heterocycles. The van der Waals surface area contributed by atoms with Gasteiger partial charge in [0.25, 0.3) is 0 Å². The molecular formula is C26H45NO4S.